The molecule has 0 aliphatic carbocycles. The minimum atomic E-state index is -1.25. The maximum absolute atomic E-state index is 13.0. The largest absolute Gasteiger partial charge is 0.489 e. The molecule has 186 valence electrons. The number of hydrogen-bond donors (Lipinski definition) is 4. The van der Waals surface area contributed by atoms with Gasteiger partial charge in [-0.15, -0.1) is 12.4 Å². The summed E-state index contributed by atoms with van der Waals surface area (Å²) < 4.78 is 7.52. The van der Waals surface area contributed by atoms with E-state index in [1.165, 1.54) is 18.2 Å². The Balaban J connectivity index is 0.00000432. The second-order valence-electron chi connectivity index (χ2n) is 7.94. The number of nitriles is 1. The van der Waals surface area contributed by atoms with Gasteiger partial charge in [0.2, 0.25) is 0 Å². The number of hydrogen-bond acceptors (Lipinski definition) is 6. The summed E-state index contributed by atoms with van der Waals surface area (Å²) in [5.41, 5.74) is 1.09. The summed E-state index contributed by atoms with van der Waals surface area (Å²) in [6, 6.07) is 13.0. The van der Waals surface area contributed by atoms with Crippen LogP contribution in [0.3, 0.4) is 0 Å². The van der Waals surface area contributed by atoms with Gasteiger partial charge in [0.25, 0.3) is 5.91 Å². The fourth-order valence-electron chi connectivity index (χ4n) is 3.62. The molecule has 1 heterocycles. The number of aryl methyl sites for hydroxylation is 1. The van der Waals surface area contributed by atoms with E-state index in [0.717, 1.165) is 24.8 Å². The number of carbonyl (C=O) groups excluding carboxylic acids is 1. The van der Waals surface area contributed by atoms with Crippen LogP contribution >= 0.6 is 12.4 Å². The van der Waals surface area contributed by atoms with Gasteiger partial charge < -0.3 is 30.2 Å². The number of para-hydroxylation sites is 1. The monoisotopic (exact) mass is 500 g/mol. The van der Waals surface area contributed by atoms with Gasteiger partial charge in [0.15, 0.2) is 0 Å². The number of amides is 1. The third-order valence-corrected chi connectivity index (χ3v) is 5.40. The Labute approximate surface area is 209 Å². The van der Waals surface area contributed by atoms with Gasteiger partial charge in [0.1, 0.15) is 24.2 Å². The quantitative estimate of drug-likeness (QED) is 0.295. The molecule has 10 heteroatoms. The molecule has 4 N–H and O–H groups in total. The Morgan fingerprint density at radius 1 is 1.23 bits per heavy atom. The Kier molecular flexibility index (Phi) is 10.1. The first-order valence-electron chi connectivity index (χ1n) is 11.0. The van der Waals surface area contributed by atoms with E-state index < -0.39 is 18.0 Å². The summed E-state index contributed by atoms with van der Waals surface area (Å²) in [7, 11) is 1.71. The molecule has 0 spiro atoms. The Morgan fingerprint density at radius 2 is 2.00 bits per heavy atom. The van der Waals surface area contributed by atoms with Crippen LogP contribution in [0.15, 0.2) is 42.5 Å². The van der Waals surface area contributed by atoms with Crippen molar-refractivity contribution < 1.29 is 24.5 Å². The van der Waals surface area contributed by atoms with E-state index in [2.05, 4.69) is 17.6 Å². The molecule has 1 aromatic heterocycles. The van der Waals surface area contributed by atoms with Gasteiger partial charge in [-0.2, -0.15) is 5.26 Å². The van der Waals surface area contributed by atoms with Crippen LogP contribution in [0.4, 0.5) is 5.69 Å². The number of aromatic carboxylic acids is 1. The van der Waals surface area contributed by atoms with Gasteiger partial charge in [-0.05, 0) is 43.3 Å². The van der Waals surface area contributed by atoms with Crippen LogP contribution in [-0.2, 0) is 7.05 Å². The number of aliphatic hydroxyl groups excluding tert-OH is 1. The maximum Gasteiger partial charge on any atom is 0.337 e. The van der Waals surface area contributed by atoms with Gasteiger partial charge in [-0.25, -0.2) is 4.79 Å². The third-order valence-electron chi connectivity index (χ3n) is 5.40. The number of carboxylic acid groups (broad SMARTS) is 1. The van der Waals surface area contributed by atoms with E-state index in [-0.39, 0.29) is 35.8 Å². The normalized spacial score (nSPS) is 11.4. The lowest BCUT2D eigenvalue weighted by Crippen LogP contribution is -2.32. The van der Waals surface area contributed by atoms with E-state index in [1.807, 2.05) is 12.1 Å². The summed E-state index contributed by atoms with van der Waals surface area (Å²) in [5, 5.41) is 35.2. The molecule has 0 radical (unpaired) electrons. The smallest absolute Gasteiger partial charge is 0.337 e. The zero-order valence-electron chi connectivity index (χ0n) is 19.6. The topological polar surface area (TPSA) is 137 Å². The number of carboxylic acids is 1. The lowest BCUT2D eigenvalue weighted by atomic mass is 10.1. The number of nitrogens with one attached hydrogen (secondary N) is 2. The second-order valence-corrected chi connectivity index (χ2v) is 7.94. The summed E-state index contributed by atoms with van der Waals surface area (Å²) in [6.07, 6.45) is 1.44. The third kappa shape index (κ3) is 6.73. The molecule has 0 aliphatic rings. The average Bonchev–Trinajstić information content (AvgIpc) is 3.17. The summed E-state index contributed by atoms with van der Waals surface area (Å²) in [5.74, 6) is -1.23. The standard InChI is InChI=1S/C25H28N4O5.ClH/c1-3-4-10-27-14-18(30)15-34-22-7-5-6-17-12-21(29(2)23(17)22)24(31)28-20-9-8-16(13-26)11-19(20)25(32)33;/h5-9,11-12,18,27,30H,3-4,10,14-15H2,1-2H3,(H,28,31)(H,32,33);1H. The minimum Gasteiger partial charge on any atom is -0.489 e. The molecule has 3 aromatic rings. The maximum atomic E-state index is 13.0. The molecule has 1 unspecified atom stereocenters. The van der Waals surface area contributed by atoms with E-state index in [4.69, 9.17) is 10.00 Å². The first kappa shape index (κ1) is 27.7. The number of ether oxygens (including phenoxy) is 1. The highest BCUT2D eigenvalue weighted by atomic mass is 35.5. The molecule has 3 rings (SSSR count). The molecule has 0 saturated heterocycles. The van der Waals surface area contributed by atoms with Crippen molar-refractivity contribution in [1.82, 2.24) is 9.88 Å². The number of aliphatic hydroxyl groups is 1. The van der Waals surface area contributed by atoms with Gasteiger partial charge in [0.05, 0.1) is 28.4 Å². The van der Waals surface area contributed by atoms with Crippen molar-refractivity contribution in [3.8, 4) is 11.8 Å². The van der Waals surface area contributed by atoms with Crippen molar-refractivity contribution in [1.29, 1.82) is 5.26 Å². The van der Waals surface area contributed by atoms with Gasteiger partial charge >= 0.3 is 5.97 Å². The SMILES string of the molecule is CCCCNCC(O)COc1cccc2cc(C(=O)Nc3ccc(C#N)cc3C(=O)O)n(C)c12.Cl. The molecule has 1 atom stereocenters. The van der Waals surface area contributed by atoms with Crippen LogP contribution in [0.1, 0.15) is 46.2 Å². The summed E-state index contributed by atoms with van der Waals surface area (Å²) in [4.78, 5) is 24.6. The molecule has 35 heavy (non-hydrogen) atoms. The number of anilines is 1. The lowest BCUT2D eigenvalue weighted by molar-refractivity contribution is 0.0698. The highest BCUT2D eigenvalue weighted by Gasteiger charge is 2.19. The summed E-state index contributed by atoms with van der Waals surface area (Å²) in [6.45, 7) is 3.46. The number of halogens is 1. The molecule has 0 fully saturated rings. The molecular weight excluding hydrogens is 472 g/mol. The van der Waals surface area contributed by atoms with Crippen molar-refractivity contribution in [2.45, 2.75) is 25.9 Å². The van der Waals surface area contributed by atoms with E-state index in [9.17, 15) is 19.8 Å². The number of benzene rings is 2. The first-order chi connectivity index (χ1) is 16.3. The molecule has 0 bridgehead atoms. The number of rotatable bonds is 11. The van der Waals surface area contributed by atoms with Crippen molar-refractivity contribution in [3.05, 3.63) is 59.3 Å². The zero-order chi connectivity index (χ0) is 24.7. The Morgan fingerprint density at radius 3 is 2.69 bits per heavy atom. The summed E-state index contributed by atoms with van der Waals surface area (Å²) >= 11 is 0. The Bertz CT molecular complexity index is 1230. The van der Waals surface area contributed by atoms with Crippen LogP contribution in [0.5, 0.6) is 5.75 Å². The zero-order valence-corrected chi connectivity index (χ0v) is 20.4. The molecule has 0 saturated carbocycles. The predicted octanol–water partition coefficient (Wildman–Crippen LogP) is 3.55. The lowest BCUT2D eigenvalue weighted by Gasteiger charge is -2.15. The predicted molar refractivity (Wildman–Crippen MR) is 136 cm³/mol. The second kappa shape index (κ2) is 12.8. The van der Waals surface area contributed by atoms with Crippen molar-refractivity contribution in [2.75, 3.05) is 25.0 Å². The number of aromatic nitrogens is 1. The first-order valence-corrected chi connectivity index (χ1v) is 11.0. The average molecular weight is 501 g/mol. The van der Waals surface area contributed by atoms with Gasteiger partial charge in [-0.1, -0.05) is 25.5 Å². The van der Waals surface area contributed by atoms with E-state index in [1.54, 1.807) is 29.8 Å². The van der Waals surface area contributed by atoms with Crippen LogP contribution < -0.4 is 15.4 Å². The van der Waals surface area contributed by atoms with Crippen molar-refractivity contribution >= 4 is 40.9 Å². The van der Waals surface area contributed by atoms with Crippen LogP contribution in [-0.4, -0.2) is 52.5 Å². The number of unbranched alkanes of at least 4 members (excludes halogenated alkanes) is 1. The van der Waals surface area contributed by atoms with Gasteiger partial charge in [0, 0.05) is 19.0 Å². The van der Waals surface area contributed by atoms with E-state index in [0.29, 0.717) is 23.5 Å². The molecule has 0 aliphatic heterocycles. The highest BCUT2D eigenvalue weighted by molar-refractivity contribution is 6.09. The molecular formula is C25H29ClN4O5. The molecule has 9 nitrogen and oxygen atoms in total. The molecule has 1 amide bonds. The van der Waals surface area contributed by atoms with Gasteiger partial charge in [-0.3, -0.25) is 4.79 Å². The number of carbonyl (C=O) groups is 2. The fourth-order valence-corrected chi connectivity index (χ4v) is 3.62. The van der Waals surface area contributed by atoms with Crippen LogP contribution in [0, 0.1) is 11.3 Å². The Hall–Kier alpha value is -3.58. The van der Waals surface area contributed by atoms with Crippen molar-refractivity contribution in [3.63, 3.8) is 0 Å². The van der Waals surface area contributed by atoms with Crippen LogP contribution in [0.25, 0.3) is 10.9 Å². The molecule has 2 aromatic carbocycles. The minimum absolute atomic E-state index is 0. The van der Waals surface area contributed by atoms with Crippen LogP contribution in [0.2, 0.25) is 0 Å². The number of nitrogens with zero attached hydrogens (tertiary/aromatic N) is 2. The highest BCUT2D eigenvalue weighted by Crippen LogP contribution is 2.29. The fraction of sp³-hybridized carbons (Fsp3) is 0.320. The van der Waals surface area contributed by atoms with Crippen molar-refractivity contribution in [2.24, 2.45) is 7.05 Å². The number of fused-ring (bicyclic) bond motifs is 1. The van der Waals surface area contributed by atoms with E-state index >= 15 is 0 Å².